The van der Waals surface area contributed by atoms with Crippen LogP contribution in [0.5, 0.6) is 0 Å². The van der Waals surface area contributed by atoms with E-state index in [1.165, 1.54) is 0 Å². The van der Waals surface area contributed by atoms with Crippen LogP contribution in [0.25, 0.3) is 0 Å². The molecule has 0 saturated carbocycles. The summed E-state index contributed by atoms with van der Waals surface area (Å²) in [4.78, 5) is 21.6. The molecule has 0 radical (unpaired) electrons. The molecule has 0 saturated heterocycles. The maximum atomic E-state index is 8.88. The average molecular weight is 182 g/mol. The van der Waals surface area contributed by atoms with Gasteiger partial charge in [-0.05, 0) is 0 Å². The number of phosphoric acid groups is 1. The van der Waals surface area contributed by atoms with E-state index < -0.39 is 7.82 Å². The van der Waals surface area contributed by atoms with Crippen LogP contribution in [-0.4, -0.2) is 14.7 Å². The van der Waals surface area contributed by atoms with Gasteiger partial charge in [-0.25, -0.2) is 4.57 Å². The number of hydrogen-bond donors (Lipinski definition) is 3. The van der Waals surface area contributed by atoms with Crippen molar-refractivity contribution in [3.05, 3.63) is 0 Å². The topological polar surface area (TPSA) is 77.8 Å². The summed E-state index contributed by atoms with van der Waals surface area (Å²) in [5, 5.41) is 0. The van der Waals surface area contributed by atoms with Crippen LogP contribution in [0, 0.1) is 0 Å². The minimum atomic E-state index is -4.64. The van der Waals surface area contributed by atoms with Crippen molar-refractivity contribution >= 4 is 7.82 Å². The van der Waals surface area contributed by atoms with E-state index in [1.807, 2.05) is 0 Å². The van der Waals surface area contributed by atoms with Crippen LogP contribution in [0.15, 0.2) is 0 Å². The molecular formula is H18Na3O4P+12. The van der Waals surface area contributed by atoms with E-state index in [4.69, 9.17) is 19.2 Å². The Morgan fingerprint density at radius 2 is 1.12 bits per heavy atom. The van der Waals surface area contributed by atoms with Crippen LogP contribution < -0.4 is 88.7 Å². The van der Waals surface area contributed by atoms with Gasteiger partial charge in [0.15, 0.2) is 0 Å². The van der Waals surface area contributed by atoms with Gasteiger partial charge >= 0.3 is 114 Å². The summed E-state index contributed by atoms with van der Waals surface area (Å²) in [6, 6.07) is 0. The van der Waals surface area contributed by atoms with Gasteiger partial charge in [-0.1, -0.05) is 0 Å². The molecule has 3 N–H and O–H groups in total. The predicted molar refractivity (Wildman–Crippen MR) is 30.9 cm³/mol. The minimum Gasteiger partial charge on any atom is -1.00 e. The summed E-state index contributed by atoms with van der Waals surface area (Å²) in [6.07, 6.45) is 0. The van der Waals surface area contributed by atoms with Gasteiger partial charge in [0.1, 0.15) is 0 Å². The molecule has 0 fully saturated rings. The summed E-state index contributed by atoms with van der Waals surface area (Å²) >= 11 is 0. The van der Waals surface area contributed by atoms with Crippen molar-refractivity contribution in [2.45, 2.75) is 0 Å². The zero-order valence-electron chi connectivity index (χ0n) is 20.2. The third kappa shape index (κ3) is 61.9. The Kier molecular flexibility index (Phi) is 28.4. The predicted octanol–water partition coefficient (Wildman–Crippen LogP) is -8.23. The first-order valence-electron chi connectivity index (χ1n) is 0.783. The summed E-state index contributed by atoms with van der Waals surface area (Å²) < 4.78 is 8.88. The van der Waals surface area contributed by atoms with E-state index in [0.717, 1.165) is 0 Å². The first kappa shape index (κ1) is 22.5. The molecule has 0 aliphatic heterocycles. The molecule has 0 aromatic rings. The largest absolute Gasteiger partial charge is 1.00 e. The van der Waals surface area contributed by atoms with Gasteiger partial charge < -0.3 is 19.0 Å². The Morgan fingerprint density at radius 1 is 1.12 bits per heavy atom. The molecule has 0 unspecified atom stereocenters. The van der Waals surface area contributed by atoms with Crippen molar-refractivity contribution < 1.29 is 129 Å². The molecule has 4 nitrogen and oxygen atoms in total. The molecule has 0 aromatic carbocycles. The van der Waals surface area contributed by atoms with Crippen LogP contribution in [0.2, 0.25) is 0 Å². The van der Waals surface area contributed by atoms with E-state index in [0.29, 0.717) is 0 Å². The van der Waals surface area contributed by atoms with Crippen molar-refractivity contribution in [1.82, 2.24) is 0 Å². The molecule has 0 rings (SSSR count). The normalized spacial score (nSPS) is 7.38. The quantitative estimate of drug-likeness (QED) is 0.257. The van der Waals surface area contributed by atoms with Gasteiger partial charge in [0.25, 0.3) is 0 Å². The summed E-state index contributed by atoms with van der Waals surface area (Å²) in [5.41, 5.74) is 0. The maximum absolute atomic E-state index is 8.88. The van der Waals surface area contributed by atoms with Crippen molar-refractivity contribution in [3.63, 3.8) is 0 Å². The Bertz CT molecular complexity index is 78.9. The Balaban J connectivity index is -0.000000000523. The van der Waals surface area contributed by atoms with Crippen molar-refractivity contribution in [3.8, 4) is 0 Å². The average Bonchev–Trinajstić information content (AvgIpc) is 0.722. The molecule has 8 heavy (non-hydrogen) atoms. The van der Waals surface area contributed by atoms with Crippen LogP contribution in [-0.2, 0) is 4.57 Å². The van der Waals surface area contributed by atoms with E-state index in [1.54, 1.807) is 0 Å². The maximum Gasteiger partial charge on any atom is 1.00 e. The first-order valence-corrected chi connectivity index (χ1v) is 2.35. The zero-order valence-corrected chi connectivity index (χ0v) is 12.1. The van der Waals surface area contributed by atoms with Crippen LogP contribution >= 0.6 is 7.82 Å². The number of rotatable bonds is 0. The van der Waals surface area contributed by atoms with Gasteiger partial charge in [-0.15, -0.1) is 0 Å². The van der Waals surface area contributed by atoms with Crippen LogP contribution in [0.4, 0.5) is 0 Å². The summed E-state index contributed by atoms with van der Waals surface area (Å²) in [6.45, 7) is 0. The second-order valence-corrected chi connectivity index (χ2v) is 1.54. The molecule has 0 amide bonds. The second kappa shape index (κ2) is 10.1. The van der Waals surface area contributed by atoms with Crippen molar-refractivity contribution in [1.29, 1.82) is 0 Å². The molecule has 0 aliphatic carbocycles. The smallest absolute Gasteiger partial charge is 1.00 e. The fourth-order valence-electron chi connectivity index (χ4n) is 0. The molecule has 0 heterocycles. The fourth-order valence-corrected chi connectivity index (χ4v) is 0. The van der Waals surface area contributed by atoms with Crippen molar-refractivity contribution in [2.75, 3.05) is 0 Å². The van der Waals surface area contributed by atoms with Gasteiger partial charge in [-0.3, -0.25) is 0 Å². The van der Waals surface area contributed by atoms with Gasteiger partial charge in [0.2, 0.25) is 0 Å². The minimum absolute atomic E-state index is 0. The van der Waals surface area contributed by atoms with Crippen molar-refractivity contribution in [2.24, 2.45) is 0 Å². The molecule has 0 aliphatic rings. The van der Waals surface area contributed by atoms with E-state index in [-0.39, 0.29) is 110 Å². The zero-order chi connectivity index (χ0) is 4.50. The molecule has 0 aromatic heterocycles. The molecule has 8 heteroatoms. The Morgan fingerprint density at radius 3 is 1.12 bits per heavy atom. The van der Waals surface area contributed by atoms with Gasteiger partial charge in [0.05, 0.1) is 0 Å². The molecule has 0 bridgehead atoms. The SMILES string of the molecule is O=P(O)(O)O.[H+].[H+].[H+].[H+].[H+].[H+].[H+].[H+].[H+].[H+].[H+].[H+].[H-].[H-].[H-].[Na+].[Na+].[Na+]. The standard InChI is InChI=1S/3Na.H3O4P.3H/c;;;1-5(2,3)4;;;/h;;;(H3,1,2,3,4);;;/q3*+1;;3*-1/p+12. The summed E-state index contributed by atoms with van der Waals surface area (Å²) in [7, 11) is -4.64. The Labute approximate surface area is 136 Å². The van der Waals surface area contributed by atoms with E-state index in [9.17, 15) is 0 Å². The third-order valence-corrected chi connectivity index (χ3v) is 0. The first-order chi connectivity index (χ1) is 2.00. The second-order valence-electron chi connectivity index (χ2n) is 0.513. The number of hydrogen-bond acceptors (Lipinski definition) is 1. The molecule has 38 valence electrons. The molecular weight excluding hydrogens is 164 g/mol. The molecule has 0 spiro atoms. The van der Waals surface area contributed by atoms with E-state index >= 15 is 0 Å². The van der Waals surface area contributed by atoms with Crippen LogP contribution in [0.3, 0.4) is 0 Å². The van der Waals surface area contributed by atoms with E-state index in [2.05, 4.69) is 0 Å². The van der Waals surface area contributed by atoms with Gasteiger partial charge in [0, 0.05) is 0 Å². The summed E-state index contributed by atoms with van der Waals surface area (Å²) in [5.74, 6) is 0. The third-order valence-electron chi connectivity index (χ3n) is 0. The Hall–Kier alpha value is 3.11. The van der Waals surface area contributed by atoms with Crippen LogP contribution in [0.1, 0.15) is 21.4 Å². The monoisotopic (exact) mass is 182 g/mol. The fraction of sp³-hybridized carbons (Fsp3) is 0. The molecule has 0 atom stereocenters. The van der Waals surface area contributed by atoms with Gasteiger partial charge in [-0.2, -0.15) is 0 Å².